The van der Waals surface area contributed by atoms with Gasteiger partial charge in [-0.1, -0.05) is 12.1 Å². The van der Waals surface area contributed by atoms with Gasteiger partial charge in [-0.15, -0.1) is 0 Å². The predicted octanol–water partition coefficient (Wildman–Crippen LogP) is 5.35. The molecule has 0 radical (unpaired) electrons. The van der Waals surface area contributed by atoms with E-state index in [0.717, 1.165) is 30.5 Å². The summed E-state index contributed by atoms with van der Waals surface area (Å²) in [4.78, 5) is 17.0. The van der Waals surface area contributed by atoms with Crippen molar-refractivity contribution in [2.75, 3.05) is 16.8 Å². The number of carbonyl (C=O) groups is 1. The third-order valence-electron chi connectivity index (χ3n) is 5.51. The van der Waals surface area contributed by atoms with Crippen LogP contribution in [-0.2, 0) is 24.2 Å². The van der Waals surface area contributed by atoms with Crippen LogP contribution in [0.2, 0.25) is 0 Å². The molecule has 2 N–H and O–H groups in total. The molecule has 4 rings (SSSR count). The number of halogens is 4. The van der Waals surface area contributed by atoms with Crippen molar-refractivity contribution in [3.63, 3.8) is 0 Å². The average molecular weight is 459 g/mol. The second kappa shape index (κ2) is 9.48. The van der Waals surface area contributed by atoms with E-state index in [1.165, 1.54) is 6.07 Å². The molecular formula is C24H21F4N3O2. The third kappa shape index (κ3) is 5.08. The van der Waals surface area contributed by atoms with Crippen molar-refractivity contribution in [2.45, 2.75) is 32.2 Å². The largest absolute Gasteiger partial charge is 0.481 e. The zero-order valence-corrected chi connectivity index (χ0v) is 17.5. The Morgan fingerprint density at radius 2 is 1.79 bits per heavy atom. The van der Waals surface area contributed by atoms with Crippen LogP contribution >= 0.6 is 0 Å². The molecule has 0 bridgehead atoms. The fourth-order valence-electron chi connectivity index (χ4n) is 3.82. The molecule has 172 valence electrons. The first-order valence-electron chi connectivity index (χ1n) is 10.5. The minimum atomic E-state index is -1.51. The van der Waals surface area contributed by atoms with Crippen LogP contribution in [0.1, 0.15) is 29.7 Å². The van der Waals surface area contributed by atoms with E-state index in [-0.39, 0.29) is 25.1 Å². The standard InChI is InChI=1S/C24H21F4N3O2/c25-19-10-16(6-3-14(19)5-8-22(32)33)29-13-17-7-4-15-2-1-9-31(24(15)30-17)18-11-20(26)23(28)21(27)12-18/h3-4,6-7,10-12,29H,1-2,5,8-9,13H2,(H,32,33). The van der Waals surface area contributed by atoms with Crippen LogP contribution in [0.4, 0.5) is 34.8 Å². The van der Waals surface area contributed by atoms with Crippen molar-refractivity contribution in [1.29, 1.82) is 0 Å². The summed E-state index contributed by atoms with van der Waals surface area (Å²) in [5.74, 6) is -4.97. The van der Waals surface area contributed by atoms with Crippen LogP contribution in [0.5, 0.6) is 0 Å². The van der Waals surface area contributed by atoms with E-state index in [2.05, 4.69) is 10.3 Å². The molecule has 0 atom stereocenters. The topological polar surface area (TPSA) is 65.5 Å². The highest BCUT2D eigenvalue weighted by molar-refractivity contribution is 5.67. The lowest BCUT2D eigenvalue weighted by Gasteiger charge is -2.30. The number of rotatable bonds is 7. The predicted molar refractivity (Wildman–Crippen MR) is 116 cm³/mol. The quantitative estimate of drug-likeness (QED) is 0.368. The lowest BCUT2D eigenvalue weighted by Crippen LogP contribution is -2.26. The van der Waals surface area contributed by atoms with Crippen molar-refractivity contribution < 1.29 is 27.5 Å². The number of aliphatic carboxylic acids is 1. The third-order valence-corrected chi connectivity index (χ3v) is 5.51. The Morgan fingerprint density at radius 3 is 2.48 bits per heavy atom. The summed E-state index contributed by atoms with van der Waals surface area (Å²) < 4.78 is 55.2. The lowest BCUT2D eigenvalue weighted by atomic mass is 10.0. The lowest BCUT2D eigenvalue weighted by molar-refractivity contribution is -0.136. The van der Waals surface area contributed by atoms with Crippen LogP contribution in [0.3, 0.4) is 0 Å². The second-order valence-electron chi connectivity index (χ2n) is 7.82. The van der Waals surface area contributed by atoms with Gasteiger partial charge in [0.25, 0.3) is 0 Å². The van der Waals surface area contributed by atoms with Gasteiger partial charge in [-0.2, -0.15) is 0 Å². The molecule has 0 spiro atoms. The fourth-order valence-corrected chi connectivity index (χ4v) is 3.82. The average Bonchev–Trinajstić information content (AvgIpc) is 2.79. The minimum Gasteiger partial charge on any atom is -0.481 e. The van der Waals surface area contributed by atoms with E-state index in [0.29, 0.717) is 29.3 Å². The molecule has 2 heterocycles. The van der Waals surface area contributed by atoms with E-state index in [4.69, 9.17) is 5.11 Å². The summed E-state index contributed by atoms with van der Waals surface area (Å²) in [5.41, 5.74) is 2.54. The number of anilines is 3. The van der Waals surface area contributed by atoms with Gasteiger partial charge in [0, 0.05) is 36.5 Å². The Bertz CT molecular complexity index is 1180. The van der Waals surface area contributed by atoms with Crippen molar-refractivity contribution >= 4 is 23.2 Å². The highest BCUT2D eigenvalue weighted by Crippen LogP contribution is 2.33. The first-order chi connectivity index (χ1) is 15.8. The number of fused-ring (bicyclic) bond motifs is 1. The highest BCUT2D eigenvalue weighted by atomic mass is 19.2. The molecule has 0 saturated heterocycles. The molecule has 0 unspecified atom stereocenters. The van der Waals surface area contributed by atoms with Crippen molar-refractivity contribution in [2.24, 2.45) is 0 Å². The van der Waals surface area contributed by atoms with Gasteiger partial charge in [-0.05, 0) is 48.6 Å². The molecule has 3 aromatic rings. The molecule has 1 aliphatic rings. The van der Waals surface area contributed by atoms with Gasteiger partial charge in [-0.25, -0.2) is 22.5 Å². The Hall–Kier alpha value is -3.62. The van der Waals surface area contributed by atoms with Gasteiger partial charge in [0.2, 0.25) is 0 Å². The normalized spacial score (nSPS) is 13.0. The van der Waals surface area contributed by atoms with Gasteiger partial charge in [0.15, 0.2) is 17.5 Å². The summed E-state index contributed by atoms with van der Waals surface area (Å²) >= 11 is 0. The molecule has 1 aromatic heterocycles. The number of aryl methyl sites for hydroxylation is 2. The number of hydrogen-bond acceptors (Lipinski definition) is 4. The summed E-state index contributed by atoms with van der Waals surface area (Å²) in [5, 5.41) is 11.8. The zero-order valence-electron chi connectivity index (χ0n) is 17.5. The molecular weight excluding hydrogens is 438 g/mol. The Morgan fingerprint density at radius 1 is 1.03 bits per heavy atom. The van der Waals surface area contributed by atoms with Crippen LogP contribution in [0.25, 0.3) is 0 Å². The smallest absolute Gasteiger partial charge is 0.303 e. The number of carboxylic acid groups (broad SMARTS) is 1. The second-order valence-corrected chi connectivity index (χ2v) is 7.82. The number of carboxylic acids is 1. The van der Waals surface area contributed by atoms with Crippen molar-refractivity contribution in [1.82, 2.24) is 4.98 Å². The molecule has 0 amide bonds. The molecule has 1 aliphatic heterocycles. The SMILES string of the molecule is O=C(O)CCc1ccc(NCc2ccc3c(n2)N(c2cc(F)c(F)c(F)c2)CCC3)cc1F. The number of aromatic nitrogens is 1. The van der Waals surface area contributed by atoms with Crippen LogP contribution in [0, 0.1) is 23.3 Å². The summed E-state index contributed by atoms with van der Waals surface area (Å²) in [7, 11) is 0. The summed E-state index contributed by atoms with van der Waals surface area (Å²) in [6.07, 6.45) is 1.46. The van der Waals surface area contributed by atoms with Crippen LogP contribution in [-0.4, -0.2) is 22.6 Å². The fraction of sp³-hybridized carbons (Fsp3) is 0.250. The Balaban J connectivity index is 1.52. The van der Waals surface area contributed by atoms with E-state index in [1.807, 2.05) is 12.1 Å². The molecule has 5 nitrogen and oxygen atoms in total. The van der Waals surface area contributed by atoms with Gasteiger partial charge in [-0.3, -0.25) is 4.79 Å². The number of hydrogen-bond donors (Lipinski definition) is 2. The molecule has 33 heavy (non-hydrogen) atoms. The van der Waals surface area contributed by atoms with E-state index in [9.17, 15) is 22.4 Å². The van der Waals surface area contributed by atoms with E-state index < -0.39 is 29.2 Å². The van der Waals surface area contributed by atoms with Gasteiger partial charge in [0.05, 0.1) is 12.2 Å². The first-order valence-corrected chi connectivity index (χ1v) is 10.5. The van der Waals surface area contributed by atoms with E-state index in [1.54, 1.807) is 17.0 Å². The van der Waals surface area contributed by atoms with Crippen LogP contribution in [0.15, 0.2) is 42.5 Å². The number of nitrogens with one attached hydrogen (secondary N) is 1. The Kier molecular flexibility index (Phi) is 6.48. The molecule has 0 aliphatic carbocycles. The molecule has 2 aromatic carbocycles. The van der Waals surface area contributed by atoms with Gasteiger partial charge in [0.1, 0.15) is 11.6 Å². The first kappa shape index (κ1) is 22.6. The van der Waals surface area contributed by atoms with Gasteiger partial charge < -0.3 is 15.3 Å². The molecule has 0 saturated carbocycles. The maximum atomic E-state index is 14.2. The monoisotopic (exact) mass is 459 g/mol. The van der Waals surface area contributed by atoms with Crippen molar-refractivity contribution in [3.8, 4) is 0 Å². The summed E-state index contributed by atoms with van der Waals surface area (Å²) in [6.45, 7) is 0.742. The number of nitrogens with zero attached hydrogens (tertiary/aromatic N) is 2. The number of pyridine rings is 1. The summed E-state index contributed by atoms with van der Waals surface area (Å²) in [6, 6.07) is 10.1. The maximum absolute atomic E-state index is 14.2. The van der Waals surface area contributed by atoms with E-state index >= 15 is 0 Å². The molecule has 9 heteroatoms. The molecule has 0 fully saturated rings. The zero-order chi connectivity index (χ0) is 23.5. The van der Waals surface area contributed by atoms with Crippen LogP contribution < -0.4 is 10.2 Å². The maximum Gasteiger partial charge on any atom is 0.303 e. The minimum absolute atomic E-state index is 0.105. The Labute approximate surface area is 187 Å². The van der Waals surface area contributed by atoms with Gasteiger partial charge >= 0.3 is 5.97 Å². The van der Waals surface area contributed by atoms with Crippen molar-refractivity contribution in [3.05, 3.63) is 82.6 Å². The highest BCUT2D eigenvalue weighted by Gasteiger charge is 2.23. The number of benzene rings is 2.